The fourth-order valence-corrected chi connectivity index (χ4v) is 3.02. The Hall–Kier alpha value is -2.42. The summed E-state index contributed by atoms with van der Waals surface area (Å²) in [5.41, 5.74) is -1.13. The van der Waals surface area contributed by atoms with Crippen molar-refractivity contribution in [2.24, 2.45) is 0 Å². The summed E-state index contributed by atoms with van der Waals surface area (Å²) in [4.78, 5) is 23.6. The second-order valence-corrected chi connectivity index (χ2v) is 6.49. The molecule has 0 aromatic heterocycles. The summed E-state index contributed by atoms with van der Waals surface area (Å²) in [6.45, 7) is 5.07. The van der Waals surface area contributed by atoms with E-state index in [2.05, 4.69) is 5.32 Å². The van der Waals surface area contributed by atoms with Gasteiger partial charge in [0, 0.05) is 6.54 Å². The molecule has 0 amide bonds. The van der Waals surface area contributed by atoms with E-state index in [0.29, 0.717) is 29.9 Å². The standard InChI is InChI=1S/C19H18F5NO2S/c1-4-10(9-26)25-8-7-11(5-2)28-12(6-3)19(27)13-14(20)16(22)18(24)17(23)15(13)21/h4-6,9,25H,7-8H2,1-3H3/b10-4-,11-5-,12-6-. The third kappa shape index (κ3) is 5.31. The Morgan fingerprint density at radius 2 is 1.43 bits per heavy atom. The summed E-state index contributed by atoms with van der Waals surface area (Å²) in [5, 5.41) is 2.85. The van der Waals surface area contributed by atoms with E-state index in [-0.39, 0.29) is 4.91 Å². The van der Waals surface area contributed by atoms with Gasteiger partial charge in [0.15, 0.2) is 29.6 Å². The molecule has 0 atom stereocenters. The van der Waals surface area contributed by atoms with Gasteiger partial charge in [0.05, 0.1) is 10.6 Å². The van der Waals surface area contributed by atoms with E-state index >= 15 is 0 Å². The number of halogens is 5. The van der Waals surface area contributed by atoms with Crippen LogP contribution in [0.1, 0.15) is 37.6 Å². The molecule has 0 aliphatic rings. The highest BCUT2D eigenvalue weighted by Crippen LogP contribution is 2.33. The van der Waals surface area contributed by atoms with Crippen molar-refractivity contribution in [3.63, 3.8) is 0 Å². The minimum absolute atomic E-state index is 0.196. The molecule has 1 aromatic rings. The van der Waals surface area contributed by atoms with Crippen molar-refractivity contribution >= 4 is 23.8 Å². The molecule has 1 aromatic carbocycles. The van der Waals surface area contributed by atoms with Crippen molar-refractivity contribution in [1.29, 1.82) is 0 Å². The second kappa shape index (κ2) is 10.8. The molecule has 1 N–H and O–H groups in total. The molecule has 0 fully saturated rings. The number of ketones is 1. The van der Waals surface area contributed by atoms with E-state index in [9.17, 15) is 31.5 Å². The molecule has 1 rings (SSSR count). The van der Waals surface area contributed by atoms with Crippen molar-refractivity contribution in [2.75, 3.05) is 6.54 Å². The number of carbonyl (C=O) groups excluding carboxylic acids is 2. The number of allylic oxidation sites excluding steroid dienone is 5. The average Bonchev–Trinajstić information content (AvgIpc) is 2.70. The molecule has 0 heterocycles. The predicted octanol–water partition coefficient (Wildman–Crippen LogP) is 5.19. The lowest BCUT2D eigenvalue weighted by molar-refractivity contribution is -0.105. The molecule has 0 spiro atoms. The number of nitrogens with one attached hydrogen (secondary N) is 1. The van der Waals surface area contributed by atoms with E-state index in [4.69, 9.17) is 0 Å². The first-order valence-corrected chi connectivity index (χ1v) is 8.95. The molecule has 0 bridgehead atoms. The molecule has 152 valence electrons. The van der Waals surface area contributed by atoms with E-state index in [0.717, 1.165) is 11.8 Å². The van der Waals surface area contributed by atoms with Crippen molar-refractivity contribution in [3.05, 3.63) is 68.4 Å². The maximum Gasteiger partial charge on any atom is 0.205 e. The SMILES string of the molecule is C/C=C(/C=O)NCC/C(=C/C)S/C(=C\C)C(=O)c1c(F)c(F)c(F)c(F)c1F. The van der Waals surface area contributed by atoms with Gasteiger partial charge in [-0.15, -0.1) is 0 Å². The molecule has 0 unspecified atom stereocenters. The number of carbonyl (C=O) groups is 2. The Bertz CT molecular complexity index is 833. The Morgan fingerprint density at radius 3 is 1.86 bits per heavy atom. The van der Waals surface area contributed by atoms with Gasteiger partial charge < -0.3 is 5.32 Å². The highest BCUT2D eigenvalue weighted by Gasteiger charge is 2.31. The summed E-state index contributed by atoms with van der Waals surface area (Å²) in [6.07, 6.45) is 5.42. The van der Waals surface area contributed by atoms with Gasteiger partial charge in [-0.25, -0.2) is 22.0 Å². The molecule has 0 saturated heterocycles. The highest BCUT2D eigenvalue weighted by molar-refractivity contribution is 8.07. The normalized spacial score (nSPS) is 12.9. The highest BCUT2D eigenvalue weighted by atomic mass is 32.2. The molecule has 0 radical (unpaired) electrons. The molecule has 0 saturated carbocycles. The van der Waals surface area contributed by atoms with Gasteiger partial charge in [-0.3, -0.25) is 9.59 Å². The zero-order valence-corrected chi connectivity index (χ0v) is 16.2. The summed E-state index contributed by atoms with van der Waals surface area (Å²) >= 11 is 0.846. The molecule has 0 aliphatic carbocycles. The largest absolute Gasteiger partial charge is 0.382 e. The van der Waals surface area contributed by atoms with Gasteiger partial charge in [0.2, 0.25) is 11.6 Å². The lowest BCUT2D eigenvalue weighted by atomic mass is 10.1. The van der Waals surface area contributed by atoms with E-state index < -0.39 is 40.4 Å². The Morgan fingerprint density at radius 1 is 0.893 bits per heavy atom. The molecule has 3 nitrogen and oxygen atoms in total. The van der Waals surface area contributed by atoms with Crippen LogP contribution in [-0.4, -0.2) is 18.6 Å². The maximum absolute atomic E-state index is 13.9. The van der Waals surface area contributed by atoms with Gasteiger partial charge >= 0.3 is 0 Å². The van der Waals surface area contributed by atoms with Crippen LogP contribution in [0.4, 0.5) is 22.0 Å². The van der Waals surface area contributed by atoms with Crippen molar-refractivity contribution in [3.8, 4) is 0 Å². The van der Waals surface area contributed by atoms with E-state index in [1.807, 2.05) is 0 Å². The van der Waals surface area contributed by atoms with Gasteiger partial charge in [-0.05, 0) is 32.1 Å². The van der Waals surface area contributed by atoms with Gasteiger partial charge in [0.1, 0.15) is 5.56 Å². The lowest BCUT2D eigenvalue weighted by Gasteiger charge is -2.12. The third-order valence-corrected chi connectivity index (χ3v) is 4.97. The van der Waals surface area contributed by atoms with Crippen LogP contribution in [0.15, 0.2) is 33.7 Å². The van der Waals surface area contributed by atoms with Crippen LogP contribution in [0.3, 0.4) is 0 Å². The van der Waals surface area contributed by atoms with Crippen LogP contribution in [0, 0.1) is 29.1 Å². The van der Waals surface area contributed by atoms with Crippen LogP contribution in [0.5, 0.6) is 0 Å². The maximum atomic E-state index is 13.9. The smallest absolute Gasteiger partial charge is 0.205 e. The van der Waals surface area contributed by atoms with Crippen LogP contribution in [0.25, 0.3) is 0 Å². The molecule has 0 aliphatic heterocycles. The fourth-order valence-electron chi connectivity index (χ4n) is 2.10. The van der Waals surface area contributed by atoms with Crippen LogP contribution in [0.2, 0.25) is 0 Å². The minimum atomic E-state index is -2.32. The summed E-state index contributed by atoms with van der Waals surface area (Å²) in [7, 11) is 0. The quantitative estimate of drug-likeness (QED) is 0.149. The number of rotatable bonds is 9. The van der Waals surface area contributed by atoms with Gasteiger partial charge in [-0.1, -0.05) is 30.0 Å². The van der Waals surface area contributed by atoms with E-state index in [1.54, 1.807) is 26.0 Å². The van der Waals surface area contributed by atoms with Gasteiger partial charge in [-0.2, -0.15) is 0 Å². The minimum Gasteiger partial charge on any atom is -0.382 e. The summed E-state index contributed by atoms with van der Waals surface area (Å²) in [6, 6.07) is 0. The van der Waals surface area contributed by atoms with Crippen LogP contribution >= 0.6 is 11.8 Å². The van der Waals surface area contributed by atoms with Crippen molar-refractivity contribution < 1.29 is 31.5 Å². The van der Waals surface area contributed by atoms with Gasteiger partial charge in [0.25, 0.3) is 0 Å². The first kappa shape index (κ1) is 23.6. The Labute approximate surface area is 163 Å². The molecular weight excluding hydrogens is 401 g/mol. The number of benzene rings is 1. The molecular formula is C19H18F5NO2S. The zero-order valence-electron chi connectivity index (χ0n) is 15.3. The number of Topliss-reactive ketones (excluding diaryl/α,β-unsaturated/α-hetero) is 1. The summed E-state index contributed by atoms with van der Waals surface area (Å²) < 4.78 is 67.7. The molecule has 28 heavy (non-hydrogen) atoms. The topological polar surface area (TPSA) is 46.2 Å². The number of hydrogen-bond donors (Lipinski definition) is 1. The number of hydrogen-bond acceptors (Lipinski definition) is 4. The number of aldehydes is 1. The first-order valence-electron chi connectivity index (χ1n) is 8.14. The Kier molecular flexibility index (Phi) is 9.11. The van der Waals surface area contributed by atoms with E-state index in [1.165, 1.54) is 13.0 Å². The third-order valence-electron chi connectivity index (χ3n) is 3.62. The summed E-state index contributed by atoms with van der Waals surface area (Å²) in [5.74, 6) is -12.3. The number of thioether (sulfide) groups is 1. The lowest BCUT2D eigenvalue weighted by Crippen LogP contribution is -2.16. The average molecular weight is 419 g/mol. The molecule has 9 heteroatoms. The van der Waals surface area contributed by atoms with Crippen LogP contribution < -0.4 is 5.32 Å². The van der Waals surface area contributed by atoms with Crippen molar-refractivity contribution in [2.45, 2.75) is 27.2 Å². The van der Waals surface area contributed by atoms with Crippen molar-refractivity contribution in [1.82, 2.24) is 5.32 Å². The fraction of sp³-hybridized carbons (Fsp3) is 0.263. The second-order valence-electron chi connectivity index (χ2n) is 5.32. The van der Waals surface area contributed by atoms with Crippen LogP contribution in [-0.2, 0) is 4.79 Å². The Balaban J connectivity index is 3.06. The first-order chi connectivity index (χ1) is 13.2. The monoisotopic (exact) mass is 419 g/mol. The zero-order chi connectivity index (χ0) is 21.4. The predicted molar refractivity (Wildman–Crippen MR) is 98.1 cm³/mol.